The molecule has 2 N–H and O–H groups in total. The van der Waals surface area contributed by atoms with Crippen molar-refractivity contribution in [1.82, 2.24) is 24.6 Å². The summed E-state index contributed by atoms with van der Waals surface area (Å²) in [5.41, 5.74) is 3.40. The molecule has 0 saturated carbocycles. The van der Waals surface area contributed by atoms with Gasteiger partial charge < -0.3 is 14.6 Å². The third-order valence-electron chi connectivity index (χ3n) is 7.43. The van der Waals surface area contributed by atoms with Crippen LogP contribution in [-0.2, 0) is 11.8 Å². The van der Waals surface area contributed by atoms with Crippen LogP contribution in [0, 0.1) is 12.7 Å². The molecule has 1 aliphatic rings. The Balaban J connectivity index is 1.44. The van der Waals surface area contributed by atoms with Crippen LogP contribution in [0.2, 0.25) is 5.02 Å². The van der Waals surface area contributed by atoms with Gasteiger partial charge in [-0.1, -0.05) is 35.9 Å². The van der Waals surface area contributed by atoms with Gasteiger partial charge in [0.2, 0.25) is 0 Å². The van der Waals surface area contributed by atoms with Crippen LogP contribution >= 0.6 is 11.6 Å². The van der Waals surface area contributed by atoms with Crippen LogP contribution in [0.1, 0.15) is 17.0 Å². The van der Waals surface area contributed by atoms with Gasteiger partial charge in [-0.05, 0) is 42.8 Å². The quantitative estimate of drug-likeness (QED) is 0.319. The SMILES string of the molecule is COCCN1CC(c2ccc(F)c(Cl)c2)[C@H](NC(=O)Nc2c(C)c(-c3ccn(C)c(=O)c3)nn2-c2ccccc2)C1. The molecule has 2 amide bonds. The summed E-state index contributed by atoms with van der Waals surface area (Å²) in [5.74, 6) is -0.101. The van der Waals surface area contributed by atoms with E-state index in [2.05, 4.69) is 15.5 Å². The number of nitrogens with zero attached hydrogens (tertiary/aromatic N) is 4. The van der Waals surface area contributed by atoms with Gasteiger partial charge in [0, 0.05) is 63.1 Å². The summed E-state index contributed by atoms with van der Waals surface area (Å²) >= 11 is 6.10. The Morgan fingerprint density at radius 2 is 1.93 bits per heavy atom. The second-order valence-electron chi connectivity index (χ2n) is 10.2. The van der Waals surface area contributed by atoms with Gasteiger partial charge in [0.05, 0.1) is 29.1 Å². The number of rotatable bonds is 8. The lowest BCUT2D eigenvalue weighted by molar-refractivity contribution is 0.159. The number of carbonyl (C=O) groups excluding carboxylic acids is 1. The molecule has 3 heterocycles. The Hall–Kier alpha value is -3.99. The molecule has 214 valence electrons. The number of methoxy groups -OCH3 is 1. The van der Waals surface area contributed by atoms with E-state index in [0.717, 1.165) is 11.3 Å². The standard InChI is InChI=1S/C30H32ClFN6O3/c1-19-28(21-11-12-36(2)27(39)16-21)35-38(22-7-5-4-6-8-22)29(19)34-30(40)33-26-18-37(13-14-41-3)17-23(26)20-9-10-25(32)24(31)15-20/h4-12,15-16,23,26H,13-14,17-18H2,1-3H3,(H2,33,34,40)/t23?,26-/m1/s1. The minimum atomic E-state index is -0.483. The van der Waals surface area contributed by atoms with Gasteiger partial charge in [-0.25, -0.2) is 13.9 Å². The largest absolute Gasteiger partial charge is 0.383 e. The molecule has 0 aliphatic carbocycles. The number of anilines is 1. The van der Waals surface area contributed by atoms with E-state index in [9.17, 15) is 14.0 Å². The number of aromatic nitrogens is 3. The molecule has 2 aromatic heterocycles. The third kappa shape index (κ3) is 6.19. The van der Waals surface area contributed by atoms with Crippen LogP contribution in [-0.4, -0.2) is 64.7 Å². The molecular weight excluding hydrogens is 547 g/mol. The number of amides is 2. The van der Waals surface area contributed by atoms with Crippen molar-refractivity contribution in [2.75, 3.05) is 38.7 Å². The van der Waals surface area contributed by atoms with Crippen molar-refractivity contribution < 1.29 is 13.9 Å². The summed E-state index contributed by atoms with van der Waals surface area (Å²) in [4.78, 5) is 28.1. The van der Waals surface area contributed by atoms with Crippen LogP contribution in [0.15, 0.2) is 71.7 Å². The number of hydrogen-bond donors (Lipinski definition) is 2. The number of hydrogen-bond acceptors (Lipinski definition) is 5. The maximum atomic E-state index is 13.9. The molecule has 0 spiro atoms. The molecule has 1 fully saturated rings. The summed E-state index contributed by atoms with van der Waals surface area (Å²) in [7, 11) is 3.34. The van der Waals surface area contributed by atoms with Crippen molar-refractivity contribution >= 4 is 23.4 Å². The van der Waals surface area contributed by atoms with Crippen LogP contribution < -0.4 is 16.2 Å². The van der Waals surface area contributed by atoms with Crippen LogP contribution in [0.3, 0.4) is 0 Å². The van der Waals surface area contributed by atoms with E-state index >= 15 is 0 Å². The first-order chi connectivity index (χ1) is 19.7. The van der Waals surface area contributed by atoms with E-state index in [0.29, 0.717) is 48.9 Å². The van der Waals surface area contributed by atoms with Crippen LogP contribution in [0.4, 0.5) is 15.0 Å². The van der Waals surface area contributed by atoms with E-state index in [-0.39, 0.29) is 22.5 Å². The lowest BCUT2D eigenvalue weighted by Gasteiger charge is -2.21. The van der Waals surface area contributed by atoms with Crippen LogP contribution in [0.25, 0.3) is 16.9 Å². The minimum absolute atomic E-state index is 0.0479. The highest BCUT2D eigenvalue weighted by atomic mass is 35.5. The molecule has 5 rings (SSSR count). The highest BCUT2D eigenvalue weighted by Gasteiger charge is 2.35. The topological polar surface area (TPSA) is 93.4 Å². The Morgan fingerprint density at radius 3 is 2.63 bits per heavy atom. The zero-order valence-electron chi connectivity index (χ0n) is 23.1. The molecule has 9 nitrogen and oxygen atoms in total. The van der Waals surface area contributed by atoms with Crippen molar-refractivity contribution in [3.05, 3.63) is 99.2 Å². The first-order valence-electron chi connectivity index (χ1n) is 13.3. The van der Waals surface area contributed by atoms with Crippen molar-refractivity contribution in [3.63, 3.8) is 0 Å². The average molecular weight is 579 g/mol. The highest BCUT2D eigenvalue weighted by Crippen LogP contribution is 2.32. The van der Waals surface area contributed by atoms with E-state index in [1.165, 1.54) is 16.7 Å². The molecular formula is C30H32ClFN6O3. The van der Waals surface area contributed by atoms with E-state index in [1.807, 2.05) is 43.3 Å². The lowest BCUT2D eigenvalue weighted by Crippen LogP contribution is -2.42. The van der Waals surface area contributed by atoms with E-state index in [1.54, 1.807) is 37.2 Å². The fourth-order valence-electron chi connectivity index (χ4n) is 5.20. The predicted octanol–water partition coefficient (Wildman–Crippen LogP) is 4.57. The number of urea groups is 1. The number of halogens is 2. The molecule has 1 saturated heterocycles. The fraction of sp³-hybridized carbons (Fsp3) is 0.300. The van der Waals surface area contributed by atoms with Gasteiger partial charge >= 0.3 is 6.03 Å². The van der Waals surface area contributed by atoms with Gasteiger partial charge in [0.15, 0.2) is 0 Å². The third-order valence-corrected chi connectivity index (χ3v) is 7.72. The highest BCUT2D eigenvalue weighted by molar-refractivity contribution is 6.30. The molecule has 0 radical (unpaired) electrons. The molecule has 0 bridgehead atoms. The number of nitrogens with one attached hydrogen (secondary N) is 2. The Bertz CT molecular complexity index is 1610. The number of pyridine rings is 1. The van der Waals surface area contributed by atoms with Crippen molar-refractivity contribution in [2.24, 2.45) is 7.05 Å². The van der Waals surface area contributed by atoms with E-state index < -0.39 is 11.8 Å². The second-order valence-corrected chi connectivity index (χ2v) is 10.6. The smallest absolute Gasteiger partial charge is 0.320 e. The fourth-order valence-corrected chi connectivity index (χ4v) is 5.39. The molecule has 1 unspecified atom stereocenters. The normalized spacial score (nSPS) is 17.1. The summed E-state index contributed by atoms with van der Waals surface area (Å²) in [6.07, 6.45) is 1.69. The van der Waals surface area contributed by atoms with Gasteiger partial charge in [-0.2, -0.15) is 5.10 Å². The Morgan fingerprint density at radius 1 is 1.15 bits per heavy atom. The number of likely N-dealkylation sites (tertiary alicyclic amines) is 1. The predicted molar refractivity (Wildman–Crippen MR) is 157 cm³/mol. The maximum absolute atomic E-state index is 13.9. The van der Waals surface area contributed by atoms with Gasteiger partial charge in [0.25, 0.3) is 5.56 Å². The lowest BCUT2D eigenvalue weighted by atomic mass is 9.94. The van der Waals surface area contributed by atoms with Gasteiger partial charge in [-0.15, -0.1) is 0 Å². The number of carbonyl (C=O) groups is 1. The summed E-state index contributed by atoms with van der Waals surface area (Å²) in [5, 5.41) is 11.0. The van der Waals surface area contributed by atoms with Gasteiger partial charge in [0.1, 0.15) is 11.6 Å². The summed E-state index contributed by atoms with van der Waals surface area (Å²) in [6.45, 7) is 4.36. The molecule has 2 atom stereocenters. The van der Waals surface area contributed by atoms with Crippen molar-refractivity contribution in [3.8, 4) is 16.9 Å². The zero-order chi connectivity index (χ0) is 29.1. The minimum Gasteiger partial charge on any atom is -0.383 e. The molecule has 2 aromatic carbocycles. The summed E-state index contributed by atoms with van der Waals surface area (Å²) in [6, 6.07) is 16.8. The molecule has 41 heavy (non-hydrogen) atoms. The van der Waals surface area contributed by atoms with Gasteiger partial charge in [-0.3, -0.25) is 15.0 Å². The first-order valence-corrected chi connectivity index (χ1v) is 13.7. The molecule has 1 aliphatic heterocycles. The number of ether oxygens (including phenoxy) is 1. The number of benzene rings is 2. The average Bonchev–Trinajstić information content (AvgIpc) is 3.51. The van der Waals surface area contributed by atoms with Crippen LogP contribution in [0.5, 0.6) is 0 Å². The van der Waals surface area contributed by atoms with Crippen molar-refractivity contribution in [1.29, 1.82) is 0 Å². The second kappa shape index (κ2) is 12.3. The van der Waals surface area contributed by atoms with E-state index in [4.69, 9.17) is 21.4 Å². The monoisotopic (exact) mass is 578 g/mol. The Kier molecular flexibility index (Phi) is 8.53. The number of aryl methyl sites for hydroxylation is 1. The molecule has 4 aromatic rings. The first kappa shape index (κ1) is 28.5. The van der Waals surface area contributed by atoms with Crippen molar-refractivity contribution in [2.45, 2.75) is 18.9 Å². The zero-order valence-corrected chi connectivity index (χ0v) is 23.9. The maximum Gasteiger partial charge on any atom is 0.320 e. The molecule has 11 heteroatoms. The Labute approximate surface area is 242 Å². The summed E-state index contributed by atoms with van der Waals surface area (Å²) < 4.78 is 22.3. The number of para-hydroxylation sites is 1.